The Morgan fingerprint density at radius 3 is 2.61 bits per heavy atom. The molecule has 1 amide bonds. The number of amides is 1. The van der Waals surface area contributed by atoms with E-state index in [0.29, 0.717) is 47.5 Å². The minimum Gasteiger partial charge on any atom is -0.369 e. The number of nitrogens with two attached hydrogens (primary N) is 1. The Hall–Kier alpha value is -3.46. The number of piperidine rings is 1. The van der Waals surface area contributed by atoms with Gasteiger partial charge in [0.25, 0.3) is 11.5 Å². The highest BCUT2D eigenvalue weighted by molar-refractivity contribution is 5.94. The fourth-order valence-corrected chi connectivity index (χ4v) is 4.65. The number of aromatic nitrogens is 3. The van der Waals surface area contributed by atoms with Crippen molar-refractivity contribution in [1.82, 2.24) is 24.8 Å². The first-order valence-electron chi connectivity index (χ1n) is 11.6. The van der Waals surface area contributed by atoms with Crippen molar-refractivity contribution in [3.8, 4) is 0 Å². The Kier molecular flexibility index (Phi) is 5.72. The summed E-state index contributed by atoms with van der Waals surface area (Å²) >= 11 is 0. The molecule has 3 fully saturated rings. The number of nitrogens with one attached hydrogen (secondary N) is 2. The maximum absolute atomic E-state index is 13.2. The molecule has 0 aliphatic carbocycles. The molecule has 6 rings (SSSR count). The smallest absolute Gasteiger partial charge is 0.264 e. The Morgan fingerprint density at radius 2 is 1.91 bits per heavy atom. The Balaban J connectivity index is 1.36. The van der Waals surface area contributed by atoms with Crippen LogP contribution >= 0.6 is 0 Å². The molecule has 3 aliphatic heterocycles. The maximum Gasteiger partial charge on any atom is 0.264 e. The number of rotatable bonds is 7. The Bertz CT molecular complexity index is 1220. The van der Waals surface area contributed by atoms with Crippen molar-refractivity contribution >= 4 is 28.6 Å². The fourth-order valence-electron chi connectivity index (χ4n) is 4.65. The van der Waals surface area contributed by atoms with Crippen LogP contribution in [-0.2, 0) is 6.54 Å². The predicted molar refractivity (Wildman–Crippen MR) is 128 cm³/mol. The predicted octanol–water partition coefficient (Wildman–Crippen LogP) is 1.82. The highest BCUT2D eigenvalue weighted by Crippen LogP contribution is 2.23. The lowest BCUT2D eigenvalue weighted by Gasteiger charge is -2.48. The molecular weight excluding hydrogens is 418 g/mol. The average molecular weight is 448 g/mol. The van der Waals surface area contributed by atoms with Gasteiger partial charge in [0.1, 0.15) is 11.2 Å². The van der Waals surface area contributed by atoms with Crippen LogP contribution in [0.15, 0.2) is 41.3 Å². The van der Waals surface area contributed by atoms with E-state index in [4.69, 9.17) is 5.73 Å². The van der Waals surface area contributed by atoms with Crippen LogP contribution in [0, 0.1) is 0 Å². The molecule has 4 N–H and O–H groups in total. The second-order valence-corrected chi connectivity index (χ2v) is 8.92. The van der Waals surface area contributed by atoms with E-state index < -0.39 is 0 Å². The highest BCUT2D eigenvalue weighted by atomic mass is 16.2. The van der Waals surface area contributed by atoms with E-state index in [1.165, 1.54) is 0 Å². The van der Waals surface area contributed by atoms with Crippen LogP contribution in [0.25, 0.3) is 10.9 Å². The first-order valence-corrected chi connectivity index (χ1v) is 11.6. The number of pyridine rings is 1. The minimum atomic E-state index is -0.174. The third kappa shape index (κ3) is 4.28. The molecular formula is C24H29N7O2. The van der Waals surface area contributed by atoms with Crippen molar-refractivity contribution in [3.05, 3.63) is 58.0 Å². The van der Waals surface area contributed by atoms with Crippen LogP contribution in [0.3, 0.4) is 0 Å². The summed E-state index contributed by atoms with van der Waals surface area (Å²) in [6, 6.07) is 10.2. The Labute approximate surface area is 192 Å². The topological polar surface area (TPSA) is 118 Å². The van der Waals surface area contributed by atoms with Crippen LogP contribution in [0.4, 0.5) is 11.8 Å². The van der Waals surface area contributed by atoms with Crippen molar-refractivity contribution in [3.63, 3.8) is 0 Å². The molecule has 2 unspecified atom stereocenters. The summed E-state index contributed by atoms with van der Waals surface area (Å²) in [7, 11) is 0. The van der Waals surface area contributed by atoms with Crippen molar-refractivity contribution in [2.75, 3.05) is 30.7 Å². The summed E-state index contributed by atoms with van der Waals surface area (Å²) in [5.41, 5.74) is 7.80. The summed E-state index contributed by atoms with van der Waals surface area (Å²) in [6.45, 7) is 4.74. The van der Waals surface area contributed by atoms with E-state index >= 15 is 0 Å². The molecule has 2 bridgehead atoms. The highest BCUT2D eigenvalue weighted by Gasteiger charge is 2.38. The Morgan fingerprint density at radius 1 is 1.18 bits per heavy atom. The number of hydrogen-bond acceptors (Lipinski definition) is 7. The molecule has 0 saturated carbocycles. The van der Waals surface area contributed by atoms with Crippen molar-refractivity contribution < 1.29 is 4.79 Å². The molecule has 172 valence electrons. The quantitative estimate of drug-likeness (QED) is 0.473. The van der Waals surface area contributed by atoms with Gasteiger partial charge in [0.15, 0.2) is 0 Å². The molecule has 1 aromatic carbocycles. The van der Waals surface area contributed by atoms with Gasteiger partial charge in [-0.15, -0.1) is 0 Å². The molecule has 3 aromatic rings. The van der Waals surface area contributed by atoms with Crippen molar-refractivity contribution in [2.24, 2.45) is 0 Å². The van der Waals surface area contributed by atoms with E-state index in [9.17, 15) is 9.59 Å². The van der Waals surface area contributed by atoms with E-state index in [1.54, 1.807) is 16.8 Å². The number of piperazine rings is 1. The number of unbranched alkanes of at least 4 members (excludes halogenated alkanes) is 1. The van der Waals surface area contributed by atoms with Gasteiger partial charge in [-0.1, -0.05) is 25.5 Å². The zero-order valence-corrected chi connectivity index (χ0v) is 18.8. The number of carbonyl (C=O) groups excluding carboxylic acids is 1. The molecule has 9 nitrogen and oxygen atoms in total. The van der Waals surface area contributed by atoms with Gasteiger partial charge in [0, 0.05) is 43.5 Å². The van der Waals surface area contributed by atoms with Crippen molar-refractivity contribution in [1.29, 1.82) is 0 Å². The fraction of sp³-hybridized carbons (Fsp3) is 0.417. The van der Waals surface area contributed by atoms with Gasteiger partial charge in [-0.3, -0.25) is 9.59 Å². The monoisotopic (exact) mass is 447 g/mol. The van der Waals surface area contributed by atoms with E-state index in [0.717, 1.165) is 37.9 Å². The first-order chi connectivity index (χ1) is 16.0. The SMILES string of the molecule is CCCCNc1nc(N)nc2ccn(Cc3ccc(C(=O)N4CC5CC(C4)N5)cc3)c(=O)c12. The average Bonchev–Trinajstić information content (AvgIpc) is 2.80. The van der Waals surface area contributed by atoms with Crippen LogP contribution in [0.5, 0.6) is 0 Å². The molecule has 3 aliphatic rings. The lowest BCUT2D eigenvalue weighted by Crippen LogP contribution is -2.67. The molecule has 0 radical (unpaired) electrons. The summed E-state index contributed by atoms with van der Waals surface area (Å²) in [5.74, 6) is 0.680. The van der Waals surface area contributed by atoms with E-state index in [1.807, 2.05) is 29.2 Å². The molecule has 2 aromatic heterocycles. The summed E-state index contributed by atoms with van der Waals surface area (Å²) in [4.78, 5) is 36.5. The summed E-state index contributed by atoms with van der Waals surface area (Å²) < 4.78 is 1.63. The molecule has 5 heterocycles. The van der Waals surface area contributed by atoms with Crippen molar-refractivity contribution in [2.45, 2.75) is 44.8 Å². The summed E-state index contributed by atoms with van der Waals surface area (Å²) in [5, 5.41) is 7.11. The molecule has 3 saturated heterocycles. The number of anilines is 2. The maximum atomic E-state index is 13.2. The van der Waals surface area contributed by atoms with Gasteiger partial charge >= 0.3 is 0 Å². The lowest BCUT2D eigenvalue weighted by molar-refractivity contribution is 0.0474. The van der Waals surface area contributed by atoms with Crippen LogP contribution in [-0.4, -0.2) is 57.1 Å². The zero-order valence-electron chi connectivity index (χ0n) is 18.8. The van der Waals surface area contributed by atoms with Gasteiger partial charge in [-0.25, -0.2) is 4.98 Å². The van der Waals surface area contributed by atoms with Gasteiger partial charge < -0.3 is 25.8 Å². The second-order valence-electron chi connectivity index (χ2n) is 8.92. The number of nitrogens with zero attached hydrogens (tertiary/aromatic N) is 4. The van der Waals surface area contributed by atoms with Crippen LogP contribution in [0.2, 0.25) is 0 Å². The number of nitrogen functional groups attached to an aromatic ring is 1. The van der Waals surface area contributed by atoms with Gasteiger partial charge in [-0.2, -0.15) is 4.98 Å². The van der Waals surface area contributed by atoms with Gasteiger partial charge in [0.2, 0.25) is 5.95 Å². The van der Waals surface area contributed by atoms with Crippen LogP contribution < -0.4 is 21.9 Å². The van der Waals surface area contributed by atoms with Crippen LogP contribution in [0.1, 0.15) is 42.1 Å². The normalized spacial score (nSPS) is 19.4. The third-order valence-corrected chi connectivity index (χ3v) is 6.43. The first kappa shape index (κ1) is 21.4. The van der Waals surface area contributed by atoms with E-state index in [2.05, 4.69) is 27.5 Å². The summed E-state index contributed by atoms with van der Waals surface area (Å²) in [6.07, 6.45) is 4.88. The van der Waals surface area contributed by atoms with Gasteiger partial charge in [0.05, 0.1) is 12.1 Å². The number of carbonyl (C=O) groups is 1. The molecule has 0 spiro atoms. The number of benzene rings is 1. The third-order valence-electron chi connectivity index (χ3n) is 6.43. The molecule has 33 heavy (non-hydrogen) atoms. The number of hydrogen-bond donors (Lipinski definition) is 3. The molecule has 9 heteroatoms. The molecule has 2 atom stereocenters. The standard InChI is InChI=1S/C24H29N7O2/c1-2-3-9-26-21-20-19(28-24(25)29-21)8-10-30(23(20)33)12-15-4-6-16(7-5-15)22(32)31-13-17-11-18(14-31)27-17/h4-8,10,17-18,27H,2-3,9,11-14H2,1H3,(H3,25,26,28,29). The van der Waals surface area contributed by atoms with E-state index in [-0.39, 0.29) is 17.4 Å². The number of fused-ring (bicyclic) bond motifs is 3. The zero-order chi connectivity index (χ0) is 22.9. The largest absolute Gasteiger partial charge is 0.369 e. The second kappa shape index (κ2) is 8.82. The van der Waals surface area contributed by atoms with Gasteiger partial charge in [-0.05, 0) is 36.6 Å². The minimum absolute atomic E-state index is 0.0677. The lowest BCUT2D eigenvalue weighted by atomic mass is 9.91.